The maximum atomic E-state index is 13.0. The Balaban J connectivity index is 1.39. The number of benzene rings is 2. The van der Waals surface area contributed by atoms with Crippen LogP contribution in [0.15, 0.2) is 59.0 Å². The minimum Gasteiger partial charge on any atom is -0.454 e. The highest BCUT2D eigenvalue weighted by Gasteiger charge is 2.17. The maximum absolute atomic E-state index is 13.0. The van der Waals surface area contributed by atoms with Gasteiger partial charge in [0.1, 0.15) is 11.6 Å². The van der Waals surface area contributed by atoms with Crippen molar-refractivity contribution in [3.05, 3.63) is 71.7 Å². The zero-order valence-corrected chi connectivity index (χ0v) is 13.8. The van der Waals surface area contributed by atoms with Gasteiger partial charge in [-0.25, -0.2) is 4.39 Å². The van der Waals surface area contributed by atoms with Gasteiger partial charge in [0.05, 0.1) is 0 Å². The molecule has 0 saturated carbocycles. The summed E-state index contributed by atoms with van der Waals surface area (Å²) in [4.78, 5) is 24.3. The van der Waals surface area contributed by atoms with Gasteiger partial charge in [0.25, 0.3) is 5.91 Å². The molecule has 1 aliphatic rings. The molecule has 0 spiro atoms. The van der Waals surface area contributed by atoms with Gasteiger partial charge in [0.2, 0.25) is 6.79 Å². The summed E-state index contributed by atoms with van der Waals surface area (Å²) >= 11 is 0. The van der Waals surface area contributed by atoms with Gasteiger partial charge < -0.3 is 13.9 Å². The van der Waals surface area contributed by atoms with Gasteiger partial charge in [0.15, 0.2) is 17.3 Å². The number of carbonyl (C=O) groups is 2. The second-order valence-electron chi connectivity index (χ2n) is 5.65. The quantitative estimate of drug-likeness (QED) is 0.694. The van der Waals surface area contributed by atoms with E-state index in [1.54, 1.807) is 18.2 Å². The van der Waals surface area contributed by atoms with E-state index in [0.29, 0.717) is 28.4 Å². The Kier molecular flexibility index (Phi) is 4.21. The van der Waals surface area contributed by atoms with E-state index in [9.17, 15) is 14.0 Å². The van der Waals surface area contributed by atoms with Gasteiger partial charge in [-0.3, -0.25) is 20.4 Å². The largest absolute Gasteiger partial charge is 0.454 e. The molecular formula is C19H13FN2O5. The van der Waals surface area contributed by atoms with Crippen molar-refractivity contribution in [2.75, 3.05) is 6.79 Å². The van der Waals surface area contributed by atoms with Crippen molar-refractivity contribution in [3.8, 4) is 22.8 Å². The van der Waals surface area contributed by atoms with Crippen LogP contribution in [0.4, 0.5) is 4.39 Å². The third kappa shape index (κ3) is 3.45. The first-order chi connectivity index (χ1) is 13.1. The van der Waals surface area contributed by atoms with Crippen LogP contribution in [0.5, 0.6) is 11.5 Å². The van der Waals surface area contributed by atoms with Crippen LogP contribution in [-0.4, -0.2) is 18.6 Å². The first kappa shape index (κ1) is 16.6. The highest BCUT2D eigenvalue weighted by atomic mass is 19.1. The Labute approximate surface area is 152 Å². The lowest BCUT2D eigenvalue weighted by atomic mass is 10.2. The van der Waals surface area contributed by atoms with Crippen molar-refractivity contribution in [3.63, 3.8) is 0 Å². The van der Waals surface area contributed by atoms with Crippen molar-refractivity contribution in [1.29, 1.82) is 0 Å². The molecule has 1 aromatic heterocycles. The summed E-state index contributed by atoms with van der Waals surface area (Å²) in [7, 11) is 0. The molecule has 0 saturated heterocycles. The van der Waals surface area contributed by atoms with E-state index in [1.807, 2.05) is 0 Å². The molecule has 2 heterocycles. The van der Waals surface area contributed by atoms with E-state index < -0.39 is 11.8 Å². The van der Waals surface area contributed by atoms with Crippen LogP contribution in [0.1, 0.15) is 20.9 Å². The summed E-state index contributed by atoms with van der Waals surface area (Å²) in [6.07, 6.45) is 0. The summed E-state index contributed by atoms with van der Waals surface area (Å²) < 4.78 is 28.8. The monoisotopic (exact) mass is 368 g/mol. The fourth-order valence-electron chi connectivity index (χ4n) is 2.51. The molecule has 8 heteroatoms. The Hall–Kier alpha value is -3.81. The number of hydrazine groups is 1. The van der Waals surface area contributed by atoms with Crippen LogP contribution < -0.4 is 20.3 Å². The number of fused-ring (bicyclic) bond motifs is 1. The molecule has 2 aromatic carbocycles. The number of nitrogens with one attached hydrogen (secondary N) is 2. The summed E-state index contributed by atoms with van der Waals surface area (Å²) in [6, 6.07) is 13.4. The standard InChI is InChI=1S/C19H13FN2O5/c20-13-4-1-11(2-5-13)14-7-8-16(27-14)19(24)22-21-18(23)12-3-6-15-17(9-12)26-10-25-15/h1-9H,10H2,(H,21,23)(H,22,24). The van der Waals surface area contributed by atoms with Gasteiger partial charge in [-0.05, 0) is 54.6 Å². The number of hydrogen-bond donors (Lipinski definition) is 2. The number of hydrogen-bond acceptors (Lipinski definition) is 5. The number of ether oxygens (including phenoxy) is 2. The van der Waals surface area contributed by atoms with Crippen LogP contribution in [0, 0.1) is 5.82 Å². The fraction of sp³-hybridized carbons (Fsp3) is 0.0526. The lowest BCUT2D eigenvalue weighted by Crippen LogP contribution is -2.41. The zero-order valence-electron chi connectivity index (χ0n) is 13.8. The second-order valence-corrected chi connectivity index (χ2v) is 5.65. The molecule has 27 heavy (non-hydrogen) atoms. The van der Waals surface area contributed by atoms with Crippen LogP contribution in [0.3, 0.4) is 0 Å². The van der Waals surface area contributed by atoms with Crippen molar-refractivity contribution < 1.29 is 27.9 Å². The molecule has 4 rings (SSSR count). The van der Waals surface area contributed by atoms with E-state index in [4.69, 9.17) is 13.9 Å². The van der Waals surface area contributed by atoms with Crippen LogP contribution in [-0.2, 0) is 0 Å². The van der Waals surface area contributed by atoms with Gasteiger partial charge in [-0.2, -0.15) is 0 Å². The Bertz CT molecular complexity index is 1010. The van der Waals surface area contributed by atoms with Gasteiger partial charge in [-0.1, -0.05) is 0 Å². The topological polar surface area (TPSA) is 89.8 Å². The number of rotatable bonds is 3. The normalized spacial score (nSPS) is 11.9. The summed E-state index contributed by atoms with van der Waals surface area (Å²) in [5.74, 6) is -0.0927. The highest BCUT2D eigenvalue weighted by Crippen LogP contribution is 2.32. The Morgan fingerprint density at radius 2 is 1.59 bits per heavy atom. The fourth-order valence-corrected chi connectivity index (χ4v) is 2.51. The summed E-state index contributed by atoms with van der Waals surface area (Å²) in [5, 5.41) is 0. The third-order valence-corrected chi connectivity index (χ3v) is 3.88. The molecule has 0 atom stereocenters. The molecule has 3 aromatic rings. The van der Waals surface area contributed by atoms with E-state index in [2.05, 4.69) is 10.9 Å². The number of furan rings is 1. The van der Waals surface area contributed by atoms with E-state index in [0.717, 1.165) is 0 Å². The average molecular weight is 368 g/mol. The van der Waals surface area contributed by atoms with E-state index in [1.165, 1.54) is 36.4 Å². The predicted octanol–water partition coefficient (Wildman–Crippen LogP) is 2.89. The highest BCUT2D eigenvalue weighted by molar-refractivity contribution is 5.98. The SMILES string of the molecule is O=C(NNC(=O)c1ccc(-c2ccc(F)cc2)o1)c1ccc2c(c1)OCO2. The minimum atomic E-state index is -0.627. The van der Waals surface area contributed by atoms with Crippen LogP contribution in [0.2, 0.25) is 0 Å². The van der Waals surface area contributed by atoms with Crippen molar-refractivity contribution in [2.45, 2.75) is 0 Å². The van der Waals surface area contributed by atoms with Crippen LogP contribution in [0.25, 0.3) is 11.3 Å². The zero-order chi connectivity index (χ0) is 18.8. The van der Waals surface area contributed by atoms with Gasteiger partial charge in [0, 0.05) is 11.1 Å². The first-order valence-electron chi connectivity index (χ1n) is 7.96. The van der Waals surface area contributed by atoms with Gasteiger partial charge >= 0.3 is 5.91 Å². The molecule has 0 fully saturated rings. The number of amides is 2. The maximum Gasteiger partial charge on any atom is 0.305 e. The molecule has 0 unspecified atom stereocenters. The molecular weight excluding hydrogens is 355 g/mol. The molecule has 7 nitrogen and oxygen atoms in total. The Morgan fingerprint density at radius 3 is 2.41 bits per heavy atom. The summed E-state index contributed by atoms with van der Waals surface area (Å²) in [6.45, 7) is 0.103. The predicted molar refractivity (Wildman–Crippen MR) is 91.6 cm³/mol. The lowest BCUT2D eigenvalue weighted by molar-refractivity contribution is 0.0831. The number of halogens is 1. The molecule has 2 amide bonds. The van der Waals surface area contributed by atoms with Gasteiger partial charge in [-0.15, -0.1) is 0 Å². The molecule has 2 N–H and O–H groups in total. The van der Waals surface area contributed by atoms with E-state index >= 15 is 0 Å². The molecule has 1 aliphatic heterocycles. The Morgan fingerprint density at radius 1 is 0.852 bits per heavy atom. The van der Waals surface area contributed by atoms with Crippen molar-refractivity contribution in [1.82, 2.24) is 10.9 Å². The third-order valence-electron chi connectivity index (χ3n) is 3.88. The first-order valence-corrected chi connectivity index (χ1v) is 7.96. The molecule has 0 aliphatic carbocycles. The molecule has 0 bridgehead atoms. The summed E-state index contributed by atoms with van der Waals surface area (Å²) in [5.41, 5.74) is 5.50. The average Bonchev–Trinajstić information content (AvgIpc) is 3.35. The van der Waals surface area contributed by atoms with Crippen molar-refractivity contribution >= 4 is 11.8 Å². The van der Waals surface area contributed by atoms with Crippen molar-refractivity contribution in [2.24, 2.45) is 0 Å². The molecule has 136 valence electrons. The number of carbonyl (C=O) groups excluding carboxylic acids is 2. The molecule has 0 radical (unpaired) electrons. The smallest absolute Gasteiger partial charge is 0.305 e. The second kappa shape index (κ2) is 6.83. The minimum absolute atomic E-state index is 0.000289. The van der Waals surface area contributed by atoms with Crippen LogP contribution >= 0.6 is 0 Å². The lowest BCUT2D eigenvalue weighted by Gasteiger charge is -2.06. The van der Waals surface area contributed by atoms with E-state index in [-0.39, 0.29) is 18.4 Å².